The topological polar surface area (TPSA) is 63.2 Å². The van der Waals surface area contributed by atoms with Gasteiger partial charge in [0.25, 0.3) is 10.0 Å². The van der Waals surface area contributed by atoms with E-state index >= 15 is 0 Å². The fourth-order valence-corrected chi connectivity index (χ4v) is 4.37. The minimum atomic E-state index is -3.66. The summed E-state index contributed by atoms with van der Waals surface area (Å²) in [7, 11) is -3.66. The summed E-state index contributed by atoms with van der Waals surface area (Å²) in [6, 6.07) is 10.0. The van der Waals surface area contributed by atoms with Gasteiger partial charge >= 0.3 is 0 Å². The molecular weight excluding hydrogens is 312 g/mol. The Labute approximate surface area is 134 Å². The Hall–Kier alpha value is -2.34. The first kappa shape index (κ1) is 14.3. The Balaban J connectivity index is 2.02. The van der Waals surface area contributed by atoms with Gasteiger partial charge in [0.15, 0.2) is 0 Å². The van der Waals surface area contributed by atoms with Crippen molar-refractivity contribution in [3.05, 3.63) is 60.6 Å². The number of fused-ring (bicyclic) bond motifs is 1. The lowest BCUT2D eigenvalue weighted by atomic mass is 9.99. The molecule has 3 aromatic rings. The maximum Gasteiger partial charge on any atom is 0.268 e. The van der Waals surface area contributed by atoms with E-state index < -0.39 is 10.0 Å². The van der Waals surface area contributed by atoms with Crippen LogP contribution in [0.3, 0.4) is 0 Å². The van der Waals surface area contributed by atoms with Gasteiger partial charge in [0, 0.05) is 17.0 Å². The second kappa shape index (κ2) is 4.58. The van der Waals surface area contributed by atoms with E-state index in [9.17, 15) is 13.6 Å². The van der Waals surface area contributed by atoms with Crippen molar-refractivity contribution in [1.29, 1.82) is 0 Å². The smallest absolute Gasteiger partial charge is 0.268 e. The molecule has 1 fully saturated rings. The molecule has 1 aromatic carbocycles. The van der Waals surface area contributed by atoms with Crippen LogP contribution in [0.15, 0.2) is 59.9 Å². The largest absolute Gasteiger partial charge is 0.285 e. The molecule has 0 amide bonds. The quantitative estimate of drug-likeness (QED) is 0.593. The molecule has 0 atom stereocenters. The lowest BCUT2D eigenvalue weighted by Gasteiger charge is -2.07. The summed E-state index contributed by atoms with van der Waals surface area (Å²) in [6.45, 7) is 2.12. The highest BCUT2D eigenvalue weighted by Gasteiger charge is 2.42. The molecule has 2 aromatic heterocycles. The molecule has 6 heteroatoms. The third-order valence-corrected chi connectivity index (χ3v) is 6.33. The Kier molecular flexibility index (Phi) is 2.84. The zero-order chi connectivity index (χ0) is 16.2. The van der Waals surface area contributed by atoms with Crippen molar-refractivity contribution in [1.82, 2.24) is 3.97 Å². The first-order valence-corrected chi connectivity index (χ1v) is 8.93. The van der Waals surface area contributed by atoms with Crippen molar-refractivity contribution in [3.8, 4) is 0 Å². The van der Waals surface area contributed by atoms with E-state index in [4.69, 9.17) is 0 Å². The summed E-state index contributed by atoms with van der Waals surface area (Å²) in [4.78, 5) is 0.255. The molecule has 118 valence electrons. The molecule has 0 unspecified atom stereocenters. The van der Waals surface area contributed by atoms with Gasteiger partial charge in [0.2, 0.25) is 12.4 Å². The highest BCUT2D eigenvalue weighted by molar-refractivity contribution is 7.90. The number of pyridine rings is 1. The van der Waals surface area contributed by atoms with Gasteiger partial charge < -0.3 is 0 Å². The second-order valence-electron chi connectivity index (χ2n) is 6.34. The fourth-order valence-electron chi connectivity index (χ4n) is 2.98. The summed E-state index contributed by atoms with van der Waals surface area (Å²) in [5.41, 5.74) is 1.54. The number of benzene rings is 1. The summed E-state index contributed by atoms with van der Waals surface area (Å²) >= 11 is 0. The normalized spacial score (nSPS) is 16.6. The van der Waals surface area contributed by atoms with Crippen molar-refractivity contribution in [2.24, 2.45) is 0 Å². The van der Waals surface area contributed by atoms with Gasteiger partial charge in [-0.1, -0.05) is 25.1 Å². The Morgan fingerprint density at radius 2 is 1.87 bits per heavy atom. The Morgan fingerprint density at radius 1 is 1.17 bits per heavy atom. The highest BCUT2D eigenvalue weighted by atomic mass is 32.2. The van der Waals surface area contributed by atoms with Crippen LogP contribution in [0.25, 0.3) is 10.9 Å². The van der Waals surface area contributed by atoms with Crippen molar-refractivity contribution >= 4 is 20.9 Å². The van der Waals surface area contributed by atoms with Crippen LogP contribution in [0.1, 0.15) is 25.3 Å². The average Bonchev–Trinajstić information content (AvgIpc) is 3.16. The van der Waals surface area contributed by atoms with Crippen LogP contribution in [-0.2, 0) is 15.4 Å². The zero-order valence-corrected chi connectivity index (χ0v) is 13.5. The third kappa shape index (κ3) is 2.13. The number of nitrogens with zero attached hydrogens (tertiary/aromatic N) is 2. The first-order valence-electron chi connectivity index (χ1n) is 7.49. The summed E-state index contributed by atoms with van der Waals surface area (Å²) < 4.78 is 28.3. The van der Waals surface area contributed by atoms with Crippen LogP contribution in [0.4, 0.5) is 0 Å². The van der Waals surface area contributed by atoms with E-state index in [-0.39, 0.29) is 10.3 Å². The number of hydrogen-bond donors (Lipinski definition) is 1. The molecule has 0 radical (unpaired) electrons. The van der Waals surface area contributed by atoms with Crippen LogP contribution in [0, 0.1) is 0 Å². The second-order valence-corrected chi connectivity index (χ2v) is 8.16. The van der Waals surface area contributed by atoms with Gasteiger partial charge in [-0.3, -0.25) is 5.21 Å². The van der Waals surface area contributed by atoms with Crippen molar-refractivity contribution < 1.29 is 18.4 Å². The molecule has 5 nitrogen and oxygen atoms in total. The van der Waals surface area contributed by atoms with Gasteiger partial charge in [-0.05, 0) is 36.0 Å². The van der Waals surface area contributed by atoms with Crippen molar-refractivity contribution in [2.75, 3.05) is 0 Å². The van der Waals surface area contributed by atoms with Crippen LogP contribution in [0.5, 0.6) is 0 Å². The molecule has 0 spiro atoms. The van der Waals surface area contributed by atoms with Crippen LogP contribution >= 0.6 is 0 Å². The van der Waals surface area contributed by atoms with E-state index in [0.717, 1.165) is 28.5 Å². The summed E-state index contributed by atoms with van der Waals surface area (Å²) in [6.07, 6.45) is 6.78. The zero-order valence-electron chi connectivity index (χ0n) is 12.7. The van der Waals surface area contributed by atoms with Crippen molar-refractivity contribution in [3.63, 3.8) is 0 Å². The molecule has 2 heterocycles. The maximum atomic E-state index is 13.0. The summed E-state index contributed by atoms with van der Waals surface area (Å²) in [5, 5.41) is 10.5. The van der Waals surface area contributed by atoms with Crippen LogP contribution in [0.2, 0.25) is 0 Å². The number of hydrogen-bond acceptors (Lipinski definition) is 3. The lowest BCUT2D eigenvalue weighted by molar-refractivity contribution is -0.904. The molecule has 1 saturated carbocycles. The molecule has 1 aliphatic carbocycles. The SMILES string of the molecule is CC1(c2cn(S(=O)(=O)c3ccccc3)c3cc[n+](O)cc23)CC1. The van der Waals surface area contributed by atoms with E-state index in [1.54, 1.807) is 48.8 Å². The molecule has 0 saturated heterocycles. The standard InChI is InChI=1S/C17H17N2O3S/c1-17(8-9-17)15-12-19(16-7-10-18(20)11-14(15)16)23(21,22)13-5-3-2-4-6-13/h2-7,10-12,20H,8-9H2,1H3/q+1. The minimum Gasteiger partial charge on any atom is -0.285 e. The Bertz CT molecular complexity index is 1000. The van der Waals surface area contributed by atoms with Crippen LogP contribution < -0.4 is 4.73 Å². The van der Waals surface area contributed by atoms with Crippen molar-refractivity contribution in [2.45, 2.75) is 30.1 Å². The predicted octanol–water partition coefficient (Wildman–Crippen LogP) is 2.45. The first-order chi connectivity index (χ1) is 10.9. The molecule has 1 N–H and O–H groups in total. The molecular formula is C17H17N2O3S+. The third-order valence-electron chi connectivity index (χ3n) is 4.65. The van der Waals surface area contributed by atoms with Gasteiger partial charge in [0.05, 0.1) is 15.8 Å². The van der Waals surface area contributed by atoms with E-state index in [0.29, 0.717) is 5.52 Å². The average molecular weight is 329 g/mol. The van der Waals surface area contributed by atoms with Gasteiger partial charge in [0.1, 0.15) is 0 Å². The van der Waals surface area contributed by atoms with Gasteiger partial charge in [-0.15, -0.1) is 0 Å². The number of aromatic nitrogens is 2. The van der Waals surface area contributed by atoms with E-state index in [2.05, 4.69) is 6.92 Å². The number of rotatable bonds is 3. The highest BCUT2D eigenvalue weighted by Crippen LogP contribution is 2.50. The molecule has 4 rings (SSSR count). The van der Waals surface area contributed by atoms with Crippen LogP contribution in [-0.4, -0.2) is 17.6 Å². The van der Waals surface area contributed by atoms with Gasteiger partial charge in [-0.2, -0.15) is 0 Å². The fraction of sp³-hybridized carbons (Fsp3) is 0.235. The molecule has 0 aliphatic heterocycles. The predicted molar refractivity (Wildman–Crippen MR) is 84.9 cm³/mol. The van der Waals surface area contributed by atoms with E-state index in [1.165, 1.54) is 10.2 Å². The van der Waals surface area contributed by atoms with E-state index in [1.807, 2.05) is 0 Å². The molecule has 1 aliphatic rings. The maximum absolute atomic E-state index is 13.0. The monoisotopic (exact) mass is 329 g/mol. The van der Waals surface area contributed by atoms with Gasteiger partial charge in [-0.25, -0.2) is 12.4 Å². The lowest BCUT2D eigenvalue weighted by Crippen LogP contribution is -2.28. The Morgan fingerprint density at radius 3 is 2.52 bits per heavy atom. The molecule has 23 heavy (non-hydrogen) atoms. The summed E-state index contributed by atoms with van der Waals surface area (Å²) in [5.74, 6) is 0. The molecule has 0 bridgehead atoms. The minimum absolute atomic E-state index is 0.00986.